The number of thiocarbonyl (C=S) groups is 1. The van der Waals surface area contributed by atoms with Crippen LogP contribution in [0, 0.1) is 0 Å². The minimum Gasteiger partial charge on any atom is -0.476 e. The fraction of sp³-hybridized carbons (Fsp3) is 0.0833. The highest BCUT2D eigenvalue weighted by Crippen LogP contribution is 2.25. The third kappa shape index (κ3) is 3.63. The molecule has 2 aromatic rings. The van der Waals surface area contributed by atoms with Gasteiger partial charge in [-0.15, -0.1) is 0 Å². The van der Waals surface area contributed by atoms with Crippen molar-refractivity contribution >= 4 is 57.9 Å². The monoisotopic (exact) mass is 344 g/mol. The van der Waals surface area contributed by atoms with Gasteiger partial charge in [0.2, 0.25) is 0 Å². The lowest BCUT2D eigenvalue weighted by atomic mass is 10.3. The highest BCUT2D eigenvalue weighted by Gasteiger charge is 2.16. The minimum atomic E-state index is -1.11. The van der Waals surface area contributed by atoms with Crippen molar-refractivity contribution in [3.8, 4) is 0 Å². The first-order valence-electron chi connectivity index (χ1n) is 5.67. The van der Waals surface area contributed by atoms with Crippen LogP contribution in [-0.2, 0) is 7.05 Å². The number of aromatic carboxylic acids is 1. The molecule has 21 heavy (non-hydrogen) atoms. The maximum Gasteiger partial charge on any atom is 0.356 e. The normalized spacial score (nSPS) is 10.2. The number of anilines is 2. The first-order valence-corrected chi connectivity index (χ1v) is 6.83. The van der Waals surface area contributed by atoms with E-state index in [-0.39, 0.29) is 16.5 Å². The summed E-state index contributed by atoms with van der Waals surface area (Å²) in [5.74, 6) is -1.11. The van der Waals surface area contributed by atoms with E-state index in [0.717, 1.165) is 0 Å². The maximum absolute atomic E-state index is 11.1. The average molecular weight is 345 g/mol. The van der Waals surface area contributed by atoms with Gasteiger partial charge in [0.05, 0.1) is 22.6 Å². The standard InChI is InChI=1S/C12H10Cl2N4O2S/c1-18-10(11(19)20)9(5-15-18)17-12(21)16-8-3-2-6(13)4-7(8)14/h2-5H,1H3,(H,19,20)(H2,16,17,21). The van der Waals surface area contributed by atoms with E-state index in [1.165, 1.54) is 17.9 Å². The first-order chi connectivity index (χ1) is 9.88. The van der Waals surface area contributed by atoms with Crippen LogP contribution >= 0.6 is 35.4 Å². The molecule has 1 aromatic heterocycles. The summed E-state index contributed by atoms with van der Waals surface area (Å²) in [6.07, 6.45) is 1.38. The lowest BCUT2D eigenvalue weighted by molar-refractivity contribution is 0.0686. The number of nitrogens with zero attached hydrogens (tertiary/aromatic N) is 2. The SMILES string of the molecule is Cn1ncc(NC(=S)Nc2ccc(Cl)cc2Cl)c1C(=O)O. The Kier molecular flexibility index (Phi) is 4.66. The zero-order chi connectivity index (χ0) is 15.6. The summed E-state index contributed by atoms with van der Waals surface area (Å²) in [5, 5.41) is 19.7. The molecule has 9 heteroatoms. The highest BCUT2D eigenvalue weighted by atomic mass is 35.5. The molecule has 0 aliphatic heterocycles. The van der Waals surface area contributed by atoms with Crippen LogP contribution < -0.4 is 10.6 Å². The van der Waals surface area contributed by atoms with Crippen molar-refractivity contribution in [2.45, 2.75) is 0 Å². The summed E-state index contributed by atoms with van der Waals surface area (Å²) in [5.41, 5.74) is 0.841. The number of benzene rings is 1. The van der Waals surface area contributed by atoms with Gasteiger partial charge in [0.15, 0.2) is 10.8 Å². The number of aryl methyl sites for hydroxylation is 1. The topological polar surface area (TPSA) is 79.2 Å². The first kappa shape index (κ1) is 15.6. The van der Waals surface area contributed by atoms with E-state index in [1.54, 1.807) is 18.2 Å². The van der Waals surface area contributed by atoms with Gasteiger partial charge in [-0.25, -0.2) is 4.79 Å². The third-order valence-corrected chi connectivity index (χ3v) is 3.32. The Balaban J connectivity index is 2.14. The molecule has 0 aliphatic rings. The molecule has 0 saturated heterocycles. The number of nitrogens with one attached hydrogen (secondary N) is 2. The van der Waals surface area contributed by atoms with Gasteiger partial charge in [-0.3, -0.25) is 4.68 Å². The third-order valence-electron chi connectivity index (χ3n) is 2.57. The molecule has 0 spiro atoms. The second kappa shape index (κ2) is 6.30. The summed E-state index contributed by atoms with van der Waals surface area (Å²) < 4.78 is 1.24. The van der Waals surface area contributed by atoms with Gasteiger partial charge in [-0.1, -0.05) is 23.2 Å². The number of carbonyl (C=O) groups is 1. The number of hydrogen-bond acceptors (Lipinski definition) is 3. The zero-order valence-corrected chi connectivity index (χ0v) is 13.1. The maximum atomic E-state index is 11.1. The number of halogens is 2. The van der Waals surface area contributed by atoms with Crippen molar-refractivity contribution in [3.05, 3.63) is 40.1 Å². The number of rotatable bonds is 3. The molecular formula is C12H10Cl2N4O2S. The van der Waals surface area contributed by atoms with E-state index < -0.39 is 5.97 Å². The van der Waals surface area contributed by atoms with Gasteiger partial charge < -0.3 is 15.7 Å². The summed E-state index contributed by atoms with van der Waals surface area (Å²) in [7, 11) is 1.53. The molecule has 0 amide bonds. The lowest BCUT2D eigenvalue weighted by Crippen LogP contribution is -2.21. The second-order valence-electron chi connectivity index (χ2n) is 4.04. The molecule has 0 atom stereocenters. The number of hydrogen-bond donors (Lipinski definition) is 3. The lowest BCUT2D eigenvalue weighted by Gasteiger charge is -2.11. The summed E-state index contributed by atoms with van der Waals surface area (Å²) in [6, 6.07) is 4.89. The molecule has 0 bridgehead atoms. The molecule has 0 radical (unpaired) electrons. The molecule has 0 aliphatic carbocycles. The van der Waals surface area contributed by atoms with E-state index in [4.69, 9.17) is 40.5 Å². The number of carboxylic acids is 1. The number of carboxylic acid groups (broad SMARTS) is 1. The van der Waals surface area contributed by atoms with Crippen LogP contribution in [0.2, 0.25) is 10.0 Å². The molecule has 3 N–H and O–H groups in total. The molecule has 1 aromatic carbocycles. The smallest absolute Gasteiger partial charge is 0.356 e. The molecular weight excluding hydrogens is 335 g/mol. The van der Waals surface area contributed by atoms with Gasteiger partial charge in [0, 0.05) is 12.1 Å². The van der Waals surface area contributed by atoms with Gasteiger partial charge in [0.25, 0.3) is 0 Å². The molecule has 2 rings (SSSR count). The van der Waals surface area contributed by atoms with Crippen molar-refractivity contribution < 1.29 is 9.90 Å². The van der Waals surface area contributed by atoms with Gasteiger partial charge >= 0.3 is 5.97 Å². The highest BCUT2D eigenvalue weighted by molar-refractivity contribution is 7.80. The molecule has 0 saturated carbocycles. The van der Waals surface area contributed by atoms with Crippen molar-refractivity contribution in [2.24, 2.45) is 7.05 Å². The Morgan fingerprint density at radius 3 is 2.62 bits per heavy atom. The molecule has 0 fully saturated rings. The predicted molar refractivity (Wildman–Crippen MR) is 86.5 cm³/mol. The van der Waals surface area contributed by atoms with Crippen LogP contribution in [0.1, 0.15) is 10.5 Å². The summed E-state index contributed by atoms with van der Waals surface area (Å²) in [6.45, 7) is 0. The van der Waals surface area contributed by atoms with Crippen LogP contribution in [0.15, 0.2) is 24.4 Å². The molecule has 6 nitrogen and oxygen atoms in total. The van der Waals surface area contributed by atoms with Crippen LogP contribution in [0.25, 0.3) is 0 Å². The quantitative estimate of drug-likeness (QED) is 0.742. The Morgan fingerprint density at radius 1 is 1.33 bits per heavy atom. The second-order valence-corrected chi connectivity index (χ2v) is 5.29. The van der Waals surface area contributed by atoms with Crippen molar-refractivity contribution in [1.82, 2.24) is 9.78 Å². The van der Waals surface area contributed by atoms with E-state index in [1.807, 2.05) is 0 Å². The van der Waals surface area contributed by atoms with Gasteiger partial charge in [0.1, 0.15) is 0 Å². The van der Waals surface area contributed by atoms with E-state index >= 15 is 0 Å². The van der Waals surface area contributed by atoms with Crippen molar-refractivity contribution in [1.29, 1.82) is 0 Å². The number of aromatic nitrogens is 2. The Bertz CT molecular complexity index is 717. The van der Waals surface area contributed by atoms with E-state index in [9.17, 15) is 4.79 Å². The minimum absolute atomic E-state index is 0.00125. The largest absolute Gasteiger partial charge is 0.476 e. The Hall–Kier alpha value is -1.83. The average Bonchev–Trinajstić information content (AvgIpc) is 2.74. The van der Waals surface area contributed by atoms with E-state index in [0.29, 0.717) is 15.7 Å². The predicted octanol–water partition coefficient (Wildman–Crippen LogP) is 3.23. The van der Waals surface area contributed by atoms with Crippen molar-refractivity contribution in [3.63, 3.8) is 0 Å². The fourth-order valence-electron chi connectivity index (χ4n) is 1.65. The Labute approximate surface area is 135 Å². The Morgan fingerprint density at radius 2 is 2.00 bits per heavy atom. The summed E-state index contributed by atoms with van der Waals surface area (Å²) >= 11 is 16.9. The molecule has 1 heterocycles. The van der Waals surface area contributed by atoms with Crippen LogP contribution in [0.5, 0.6) is 0 Å². The van der Waals surface area contributed by atoms with Crippen LogP contribution in [0.4, 0.5) is 11.4 Å². The van der Waals surface area contributed by atoms with Gasteiger partial charge in [-0.05, 0) is 30.4 Å². The molecule has 0 unspecified atom stereocenters. The van der Waals surface area contributed by atoms with E-state index in [2.05, 4.69) is 15.7 Å². The van der Waals surface area contributed by atoms with Gasteiger partial charge in [-0.2, -0.15) is 5.10 Å². The fourth-order valence-corrected chi connectivity index (χ4v) is 2.33. The zero-order valence-electron chi connectivity index (χ0n) is 10.7. The molecule has 110 valence electrons. The summed E-state index contributed by atoms with van der Waals surface area (Å²) in [4.78, 5) is 11.1. The van der Waals surface area contributed by atoms with Crippen LogP contribution in [0.3, 0.4) is 0 Å². The van der Waals surface area contributed by atoms with Crippen LogP contribution in [-0.4, -0.2) is 26.0 Å². The van der Waals surface area contributed by atoms with Crippen molar-refractivity contribution in [2.75, 3.05) is 10.6 Å².